The van der Waals surface area contributed by atoms with Gasteiger partial charge in [-0.1, -0.05) is 38.1 Å². The Morgan fingerprint density at radius 2 is 1.76 bits per heavy atom. The maximum atomic E-state index is 5.87. The molecule has 6 heteroatoms. The van der Waals surface area contributed by atoms with Gasteiger partial charge in [-0.15, -0.1) is 0 Å². The number of thiocarbonyl (C=S) groups is 1. The van der Waals surface area contributed by atoms with Gasteiger partial charge in [-0.25, -0.2) is 4.98 Å². The van der Waals surface area contributed by atoms with Crippen LogP contribution in [0, 0.1) is 6.92 Å². The molecule has 1 fully saturated rings. The third-order valence-electron chi connectivity index (χ3n) is 6.16. The van der Waals surface area contributed by atoms with Gasteiger partial charge in [0.15, 0.2) is 5.11 Å². The number of benzene rings is 1. The van der Waals surface area contributed by atoms with E-state index in [1.54, 1.807) is 0 Å². The summed E-state index contributed by atoms with van der Waals surface area (Å²) in [6.07, 6.45) is 5.79. The molecule has 0 amide bonds. The van der Waals surface area contributed by atoms with Crippen LogP contribution in [-0.2, 0) is 0 Å². The predicted molar refractivity (Wildman–Crippen MR) is 137 cm³/mol. The molecule has 166 valence electrons. The number of aryl methyl sites for hydroxylation is 1. The number of pyridine rings is 2. The van der Waals surface area contributed by atoms with Gasteiger partial charge in [-0.3, -0.25) is 4.98 Å². The van der Waals surface area contributed by atoms with Crippen molar-refractivity contribution in [1.29, 1.82) is 0 Å². The van der Waals surface area contributed by atoms with E-state index in [1.807, 2.05) is 31.5 Å². The Bertz CT molecular complexity index is 1250. The number of hydrogen-bond donors (Lipinski definition) is 1. The first kappa shape index (κ1) is 21.3. The van der Waals surface area contributed by atoms with Crippen molar-refractivity contribution in [3.05, 3.63) is 108 Å². The fraction of sp³-hybridized carbons (Fsp3) is 0.222. The van der Waals surface area contributed by atoms with Crippen LogP contribution in [-0.4, -0.2) is 19.6 Å². The average Bonchev–Trinajstić information content (AvgIpc) is 3.44. The molecular weight excluding hydrogens is 426 g/mol. The quantitative estimate of drug-likeness (QED) is 0.383. The van der Waals surface area contributed by atoms with Crippen molar-refractivity contribution in [2.24, 2.45) is 0 Å². The number of aromatic nitrogens is 3. The van der Waals surface area contributed by atoms with Crippen LogP contribution in [0.3, 0.4) is 0 Å². The van der Waals surface area contributed by atoms with Gasteiger partial charge in [0, 0.05) is 30.0 Å². The highest BCUT2D eigenvalue weighted by Gasteiger charge is 2.42. The molecule has 4 heterocycles. The fourth-order valence-corrected chi connectivity index (χ4v) is 4.75. The van der Waals surface area contributed by atoms with Crippen molar-refractivity contribution in [3.63, 3.8) is 0 Å². The van der Waals surface area contributed by atoms with E-state index in [4.69, 9.17) is 12.2 Å². The van der Waals surface area contributed by atoms with Gasteiger partial charge in [0.2, 0.25) is 0 Å². The summed E-state index contributed by atoms with van der Waals surface area (Å²) in [6, 6.07) is 22.9. The van der Waals surface area contributed by atoms with Crippen LogP contribution >= 0.6 is 12.2 Å². The first-order valence-electron chi connectivity index (χ1n) is 11.2. The largest absolute Gasteiger partial charge is 0.351 e. The van der Waals surface area contributed by atoms with Gasteiger partial charge in [0.05, 0.1) is 11.7 Å². The van der Waals surface area contributed by atoms with Crippen LogP contribution in [0.25, 0.3) is 5.82 Å². The van der Waals surface area contributed by atoms with Crippen molar-refractivity contribution in [2.45, 2.75) is 38.8 Å². The highest BCUT2D eigenvalue weighted by atomic mass is 32.1. The Balaban J connectivity index is 1.63. The number of hydrogen-bond acceptors (Lipinski definition) is 3. The normalized spacial score (nSPS) is 18.1. The van der Waals surface area contributed by atoms with Crippen LogP contribution in [0.1, 0.15) is 54.4 Å². The van der Waals surface area contributed by atoms with E-state index >= 15 is 0 Å². The summed E-state index contributed by atoms with van der Waals surface area (Å²) in [5, 5.41) is 4.24. The third kappa shape index (κ3) is 4.02. The molecule has 33 heavy (non-hydrogen) atoms. The zero-order chi connectivity index (χ0) is 22.9. The Hall–Kier alpha value is -3.51. The number of nitrogens with zero attached hydrogens (tertiary/aromatic N) is 4. The molecule has 0 bridgehead atoms. The molecule has 1 aliphatic heterocycles. The second kappa shape index (κ2) is 8.79. The molecule has 0 unspecified atom stereocenters. The third-order valence-corrected chi connectivity index (χ3v) is 6.48. The lowest BCUT2D eigenvalue weighted by atomic mass is 9.99. The van der Waals surface area contributed by atoms with E-state index in [-0.39, 0.29) is 12.1 Å². The van der Waals surface area contributed by atoms with Gasteiger partial charge < -0.3 is 14.8 Å². The molecule has 0 saturated carbocycles. The maximum Gasteiger partial charge on any atom is 0.174 e. The number of nitrogens with one attached hydrogen (secondary N) is 1. The Morgan fingerprint density at radius 3 is 2.42 bits per heavy atom. The van der Waals surface area contributed by atoms with Crippen LogP contribution in [0.4, 0.5) is 5.69 Å². The highest BCUT2D eigenvalue weighted by Crippen LogP contribution is 2.42. The predicted octanol–water partition coefficient (Wildman–Crippen LogP) is 5.88. The Labute approximate surface area is 200 Å². The first-order chi connectivity index (χ1) is 16.0. The van der Waals surface area contributed by atoms with Crippen LogP contribution in [0.2, 0.25) is 0 Å². The van der Waals surface area contributed by atoms with E-state index in [1.165, 1.54) is 5.56 Å². The van der Waals surface area contributed by atoms with Gasteiger partial charge in [-0.05, 0) is 78.7 Å². The summed E-state index contributed by atoms with van der Waals surface area (Å²) in [5.74, 6) is 1.36. The minimum absolute atomic E-state index is 0.0876. The summed E-state index contributed by atoms with van der Waals surface area (Å²) < 4.78 is 2.14. The monoisotopic (exact) mass is 453 g/mol. The topological polar surface area (TPSA) is 46.0 Å². The van der Waals surface area contributed by atoms with Crippen LogP contribution in [0.15, 0.2) is 85.3 Å². The van der Waals surface area contributed by atoms with Gasteiger partial charge in [0.25, 0.3) is 0 Å². The van der Waals surface area contributed by atoms with Crippen LogP contribution in [0.5, 0.6) is 0 Å². The Morgan fingerprint density at radius 1 is 0.939 bits per heavy atom. The van der Waals surface area contributed by atoms with Gasteiger partial charge >= 0.3 is 0 Å². The van der Waals surface area contributed by atoms with Gasteiger partial charge in [-0.2, -0.15) is 0 Å². The lowest BCUT2D eigenvalue weighted by Gasteiger charge is -2.29. The molecule has 0 radical (unpaired) electrons. The van der Waals surface area contributed by atoms with Crippen molar-refractivity contribution in [2.75, 3.05) is 4.90 Å². The smallest absolute Gasteiger partial charge is 0.174 e. The van der Waals surface area contributed by atoms with E-state index < -0.39 is 0 Å². The van der Waals surface area contributed by atoms with Crippen molar-refractivity contribution < 1.29 is 0 Å². The summed E-state index contributed by atoms with van der Waals surface area (Å²) in [4.78, 5) is 11.5. The molecule has 5 nitrogen and oxygen atoms in total. The summed E-state index contributed by atoms with van der Waals surface area (Å²) >= 11 is 5.87. The summed E-state index contributed by atoms with van der Waals surface area (Å²) in [6.45, 7) is 6.46. The molecule has 1 aromatic carbocycles. The summed E-state index contributed by atoms with van der Waals surface area (Å²) in [5.41, 5.74) is 5.55. The van der Waals surface area contributed by atoms with E-state index in [0.29, 0.717) is 11.0 Å². The highest BCUT2D eigenvalue weighted by molar-refractivity contribution is 7.80. The number of rotatable bonds is 5. The molecule has 4 aromatic rings. The van der Waals surface area contributed by atoms with E-state index in [9.17, 15) is 0 Å². The fourth-order valence-electron chi connectivity index (χ4n) is 4.40. The van der Waals surface area contributed by atoms with E-state index in [2.05, 4.69) is 99.4 Å². The van der Waals surface area contributed by atoms with Crippen LogP contribution < -0.4 is 10.2 Å². The molecule has 5 rings (SSSR count). The van der Waals surface area contributed by atoms with Gasteiger partial charge in [0.1, 0.15) is 11.9 Å². The first-order valence-corrected chi connectivity index (χ1v) is 11.6. The lowest BCUT2D eigenvalue weighted by Crippen LogP contribution is -2.30. The molecule has 0 aliphatic carbocycles. The minimum Gasteiger partial charge on any atom is -0.351 e. The average molecular weight is 454 g/mol. The standard InChI is InChI=1S/C27H27N5S/c1-18(2)20-10-12-21(13-11-20)32-26(25(30-27(32)33)22-7-4-5-15-28-22)23-8-6-16-31(23)24-14-9-19(3)17-29-24/h4-18,25-26H,1-3H3,(H,30,33)/t25-,26+/m0/s1. The molecule has 1 N–H and O–H groups in total. The molecular formula is C27H27N5S. The zero-order valence-electron chi connectivity index (χ0n) is 19.0. The minimum atomic E-state index is -0.0948. The second-order valence-corrected chi connectivity index (χ2v) is 9.13. The summed E-state index contributed by atoms with van der Waals surface area (Å²) in [7, 11) is 0. The second-order valence-electron chi connectivity index (χ2n) is 8.74. The molecule has 3 aromatic heterocycles. The molecule has 1 aliphatic rings. The molecule has 0 spiro atoms. The Kier molecular flexibility index (Phi) is 5.68. The van der Waals surface area contributed by atoms with Crippen molar-refractivity contribution in [3.8, 4) is 5.82 Å². The SMILES string of the molecule is Cc1ccc(-n2cccc2[C@@H]2[C@H](c3ccccn3)NC(=S)N2c2ccc(C(C)C)cc2)nc1. The zero-order valence-corrected chi connectivity index (χ0v) is 19.8. The van der Waals surface area contributed by atoms with Crippen molar-refractivity contribution in [1.82, 2.24) is 19.9 Å². The lowest BCUT2D eigenvalue weighted by molar-refractivity contribution is 0.548. The maximum absolute atomic E-state index is 5.87. The number of anilines is 1. The molecule has 2 atom stereocenters. The van der Waals surface area contributed by atoms with E-state index in [0.717, 1.165) is 28.5 Å². The molecule has 1 saturated heterocycles. The van der Waals surface area contributed by atoms with Crippen molar-refractivity contribution >= 4 is 23.0 Å².